The molecule has 3 heterocycles. The van der Waals surface area contributed by atoms with Crippen LogP contribution in [0.2, 0.25) is 0 Å². The third-order valence-corrected chi connectivity index (χ3v) is 3.87. The van der Waals surface area contributed by atoms with E-state index in [1.807, 2.05) is 30.3 Å². The van der Waals surface area contributed by atoms with Crippen LogP contribution < -0.4 is 4.74 Å². The lowest BCUT2D eigenvalue weighted by molar-refractivity contribution is 0.0664. The fourth-order valence-corrected chi connectivity index (χ4v) is 2.65. The van der Waals surface area contributed by atoms with Gasteiger partial charge in [-0.2, -0.15) is 4.98 Å². The number of hydrogen-bond donors (Lipinski definition) is 0. The molecule has 0 saturated carbocycles. The number of benzene rings is 1. The van der Waals surface area contributed by atoms with E-state index < -0.39 is 0 Å². The van der Waals surface area contributed by atoms with E-state index in [9.17, 15) is 0 Å². The molecule has 1 aromatic carbocycles. The van der Waals surface area contributed by atoms with Crippen molar-refractivity contribution in [3.05, 3.63) is 48.7 Å². The maximum Gasteiger partial charge on any atom is 0.244 e. The van der Waals surface area contributed by atoms with Gasteiger partial charge in [0.25, 0.3) is 0 Å². The average molecular weight is 323 g/mol. The zero-order chi connectivity index (χ0) is 16.2. The minimum Gasteiger partial charge on any atom is -0.473 e. The minimum atomic E-state index is 0.107. The van der Waals surface area contributed by atoms with Crippen LogP contribution in [-0.2, 0) is 4.74 Å². The van der Waals surface area contributed by atoms with Gasteiger partial charge in [0.05, 0.1) is 12.4 Å². The largest absolute Gasteiger partial charge is 0.473 e. The Morgan fingerprint density at radius 2 is 2.00 bits per heavy atom. The van der Waals surface area contributed by atoms with E-state index in [1.54, 1.807) is 18.4 Å². The molecule has 1 fully saturated rings. The van der Waals surface area contributed by atoms with Gasteiger partial charge in [0, 0.05) is 12.2 Å². The second-order valence-corrected chi connectivity index (χ2v) is 5.58. The normalized spacial score (nSPS) is 17.1. The highest BCUT2D eigenvalue weighted by Gasteiger charge is 2.20. The fourth-order valence-electron chi connectivity index (χ4n) is 2.65. The molecule has 1 aliphatic heterocycles. The van der Waals surface area contributed by atoms with E-state index in [1.165, 1.54) is 0 Å². The summed E-state index contributed by atoms with van der Waals surface area (Å²) in [7, 11) is 0. The van der Waals surface area contributed by atoms with Gasteiger partial charge in [0.2, 0.25) is 11.7 Å². The van der Waals surface area contributed by atoms with Crippen LogP contribution in [0.4, 0.5) is 0 Å². The highest BCUT2D eigenvalue weighted by molar-refractivity contribution is 5.64. The third kappa shape index (κ3) is 3.14. The van der Waals surface area contributed by atoms with Gasteiger partial charge in [0.15, 0.2) is 11.5 Å². The van der Waals surface area contributed by atoms with Crippen LogP contribution in [0.25, 0.3) is 22.8 Å². The Kier molecular flexibility index (Phi) is 4.20. The second kappa shape index (κ2) is 6.80. The lowest BCUT2D eigenvalue weighted by Gasteiger charge is -2.13. The number of hydrogen-bond acceptors (Lipinski definition) is 6. The Bertz CT molecular complexity index is 785. The summed E-state index contributed by atoms with van der Waals surface area (Å²) in [5.74, 6) is 1.41. The van der Waals surface area contributed by atoms with E-state index in [0.29, 0.717) is 29.8 Å². The van der Waals surface area contributed by atoms with Crippen molar-refractivity contribution in [1.29, 1.82) is 0 Å². The molecule has 24 heavy (non-hydrogen) atoms. The first kappa shape index (κ1) is 14.8. The molecule has 4 rings (SSSR count). The minimum absolute atomic E-state index is 0.107. The molecule has 0 radical (unpaired) electrons. The Morgan fingerprint density at radius 1 is 1.08 bits per heavy atom. The van der Waals surface area contributed by atoms with E-state index in [-0.39, 0.29) is 6.10 Å². The van der Waals surface area contributed by atoms with Crippen molar-refractivity contribution in [2.75, 3.05) is 13.2 Å². The number of rotatable bonds is 5. The molecule has 1 unspecified atom stereocenters. The standard InChI is InChI=1S/C18H17N3O3/c1-2-6-13(7-3-1)16-18(24-12-14-8-4-10-22-14)19-17(21-20-16)15-9-5-11-23-15/h1-3,5-7,9,11,14H,4,8,10,12H2. The van der Waals surface area contributed by atoms with Crippen molar-refractivity contribution in [2.45, 2.75) is 18.9 Å². The lowest BCUT2D eigenvalue weighted by Crippen LogP contribution is -2.17. The topological polar surface area (TPSA) is 70.3 Å². The van der Waals surface area contributed by atoms with Gasteiger partial charge < -0.3 is 13.9 Å². The van der Waals surface area contributed by atoms with Crippen LogP contribution in [0.15, 0.2) is 53.1 Å². The molecule has 6 nitrogen and oxygen atoms in total. The van der Waals surface area contributed by atoms with Crippen molar-refractivity contribution in [3.8, 4) is 28.7 Å². The van der Waals surface area contributed by atoms with Gasteiger partial charge in [-0.05, 0) is 25.0 Å². The molecule has 6 heteroatoms. The molecule has 2 aromatic heterocycles. The number of ether oxygens (including phenoxy) is 2. The van der Waals surface area contributed by atoms with Gasteiger partial charge in [-0.1, -0.05) is 30.3 Å². The molecule has 1 saturated heterocycles. The highest BCUT2D eigenvalue weighted by atomic mass is 16.5. The Labute approximate surface area is 139 Å². The predicted molar refractivity (Wildman–Crippen MR) is 87.4 cm³/mol. The summed E-state index contributed by atoms with van der Waals surface area (Å²) in [4.78, 5) is 4.51. The summed E-state index contributed by atoms with van der Waals surface area (Å²) < 4.78 is 16.9. The van der Waals surface area contributed by atoms with E-state index in [4.69, 9.17) is 13.9 Å². The van der Waals surface area contributed by atoms with Gasteiger partial charge in [-0.25, -0.2) is 0 Å². The molecule has 0 spiro atoms. The monoisotopic (exact) mass is 323 g/mol. The first-order valence-electron chi connectivity index (χ1n) is 7.98. The van der Waals surface area contributed by atoms with Crippen molar-refractivity contribution >= 4 is 0 Å². The molecule has 0 amide bonds. The summed E-state index contributed by atoms with van der Waals surface area (Å²) >= 11 is 0. The smallest absolute Gasteiger partial charge is 0.244 e. The molecule has 0 aliphatic carbocycles. The molecule has 1 aliphatic rings. The van der Waals surface area contributed by atoms with E-state index in [0.717, 1.165) is 25.0 Å². The Balaban J connectivity index is 1.66. The average Bonchev–Trinajstić information content (AvgIpc) is 3.34. The third-order valence-electron chi connectivity index (χ3n) is 3.87. The maximum absolute atomic E-state index is 5.93. The molecule has 0 bridgehead atoms. The van der Waals surface area contributed by atoms with Crippen LogP contribution in [0, 0.1) is 0 Å². The molecule has 0 N–H and O–H groups in total. The summed E-state index contributed by atoms with van der Waals surface area (Å²) in [6.45, 7) is 1.25. The molecule has 3 aromatic rings. The van der Waals surface area contributed by atoms with Crippen molar-refractivity contribution in [3.63, 3.8) is 0 Å². The molecular weight excluding hydrogens is 306 g/mol. The quantitative estimate of drug-likeness (QED) is 0.717. The molecular formula is C18H17N3O3. The number of aromatic nitrogens is 3. The lowest BCUT2D eigenvalue weighted by atomic mass is 10.1. The zero-order valence-corrected chi connectivity index (χ0v) is 13.1. The zero-order valence-electron chi connectivity index (χ0n) is 13.1. The van der Waals surface area contributed by atoms with Crippen LogP contribution in [-0.4, -0.2) is 34.5 Å². The van der Waals surface area contributed by atoms with Gasteiger partial charge >= 0.3 is 0 Å². The van der Waals surface area contributed by atoms with Crippen molar-refractivity contribution < 1.29 is 13.9 Å². The second-order valence-electron chi connectivity index (χ2n) is 5.58. The van der Waals surface area contributed by atoms with E-state index >= 15 is 0 Å². The van der Waals surface area contributed by atoms with Gasteiger partial charge in [-0.3, -0.25) is 0 Å². The molecule has 122 valence electrons. The maximum atomic E-state index is 5.93. The van der Waals surface area contributed by atoms with Crippen LogP contribution in [0.3, 0.4) is 0 Å². The Morgan fingerprint density at radius 3 is 2.75 bits per heavy atom. The SMILES string of the molecule is c1ccc(-c2nnc(-c3ccco3)nc2OCC2CCCO2)cc1. The summed E-state index contributed by atoms with van der Waals surface area (Å²) in [6, 6.07) is 13.3. The first-order chi connectivity index (χ1) is 11.9. The number of nitrogens with zero attached hydrogens (tertiary/aromatic N) is 3. The first-order valence-corrected chi connectivity index (χ1v) is 7.98. The Hall–Kier alpha value is -2.73. The van der Waals surface area contributed by atoms with Gasteiger partial charge in [-0.15, -0.1) is 10.2 Å². The van der Waals surface area contributed by atoms with Crippen LogP contribution >= 0.6 is 0 Å². The van der Waals surface area contributed by atoms with E-state index in [2.05, 4.69) is 15.2 Å². The van der Waals surface area contributed by atoms with Crippen molar-refractivity contribution in [2.24, 2.45) is 0 Å². The molecule has 1 atom stereocenters. The van der Waals surface area contributed by atoms with Crippen LogP contribution in [0.1, 0.15) is 12.8 Å². The summed E-state index contributed by atoms with van der Waals surface area (Å²) in [6.07, 6.45) is 3.76. The summed E-state index contributed by atoms with van der Waals surface area (Å²) in [5, 5.41) is 8.48. The summed E-state index contributed by atoms with van der Waals surface area (Å²) in [5.41, 5.74) is 1.52. The fraction of sp³-hybridized carbons (Fsp3) is 0.278. The predicted octanol–water partition coefficient (Wildman–Crippen LogP) is 3.36. The highest BCUT2D eigenvalue weighted by Crippen LogP contribution is 2.28. The van der Waals surface area contributed by atoms with Crippen LogP contribution in [0.5, 0.6) is 5.88 Å². The van der Waals surface area contributed by atoms with Crippen molar-refractivity contribution in [1.82, 2.24) is 15.2 Å². The number of furan rings is 1. The van der Waals surface area contributed by atoms with Gasteiger partial charge in [0.1, 0.15) is 6.61 Å².